The third-order valence-corrected chi connectivity index (χ3v) is 4.69. The molecule has 23 heavy (non-hydrogen) atoms. The molecular weight excluding hydrogens is 286 g/mol. The maximum Gasteiger partial charge on any atom is 0.119 e. The molecule has 2 aromatic rings. The molecule has 1 aliphatic heterocycles. The SMILES string of the molecule is COc1ccc(OCC2CN(C)CC[C@@H]2c2ccccc2)cc1. The summed E-state index contributed by atoms with van der Waals surface area (Å²) in [5.74, 6) is 2.85. The van der Waals surface area contributed by atoms with E-state index in [0.29, 0.717) is 11.8 Å². The van der Waals surface area contributed by atoms with E-state index < -0.39 is 0 Å². The van der Waals surface area contributed by atoms with E-state index in [4.69, 9.17) is 9.47 Å². The van der Waals surface area contributed by atoms with Gasteiger partial charge in [-0.3, -0.25) is 0 Å². The molecule has 0 spiro atoms. The van der Waals surface area contributed by atoms with Crippen molar-refractivity contribution in [1.29, 1.82) is 0 Å². The molecule has 0 bridgehead atoms. The summed E-state index contributed by atoms with van der Waals surface area (Å²) in [4.78, 5) is 2.40. The summed E-state index contributed by atoms with van der Waals surface area (Å²) in [7, 11) is 3.87. The zero-order valence-electron chi connectivity index (χ0n) is 13.9. The van der Waals surface area contributed by atoms with E-state index in [0.717, 1.165) is 31.2 Å². The van der Waals surface area contributed by atoms with Gasteiger partial charge in [0.05, 0.1) is 13.7 Å². The Balaban J connectivity index is 1.67. The molecule has 0 aliphatic carbocycles. The summed E-state index contributed by atoms with van der Waals surface area (Å²) in [6, 6.07) is 18.7. The third kappa shape index (κ3) is 4.05. The fraction of sp³-hybridized carbons (Fsp3) is 0.400. The van der Waals surface area contributed by atoms with Gasteiger partial charge in [0, 0.05) is 12.5 Å². The van der Waals surface area contributed by atoms with E-state index in [-0.39, 0.29) is 0 Å². The summed E-state index contributed by atoms with van der Waals surface area (Å²) in [6.07, 6.45) is 1.19. The maximum absolute atomic E-state index is 6.06. The van der Waals surface area contributed by atoms with Crippen molar-refractivity contribution < 1.29 is 9.47 Å². The van der Waals surface area contributed by atoms with Crippen LogP contribution in [0, 0.1) is 5.92 Å². The maximum atomic E-state index is 6.06. The molecule has 2 atom stereocenters. The normalized spacial score (nSPS) is 21.8. The lowest BCUT2D eigenvalue weighted by Crippen LogP contribution is -2.39. The van der Waals surface area contributed by atoms with Crippen LogP contribution in [0.25, 0.3) is 0 Å². The van der Waals surface area contributed by atoms with Crippen molar-refractivity contribution >= 4 is 0 Å². The van der Waals surface area contributed by atoms with E-state index in [9.17, 15) is 0 Å². The van der Waals surface area contributed by atoms with Crippen molar-refractivity contribution in [2.75, 3.05) is 33.9 Å². The first-order valence-corrected chi connectivity index (χ1v) is 8.26. The first-order valence-electron chi connectivity index (χ1n) is 8.26. The Morgan fingerprint density at radius 3 is 2.39 bits per heavy atom. The summed E-state index contributed by atoms with van der Waals surface area (Å²) < 4.78 is 11.3. The van der Waals surface area contributed by atoms with Gasteiger partial charge in [-0.15, -0.1) is 0 Å². The van der Waals surface area contributed by atoms with E-state index in [1.54, 1.807) is 7.11 Å². The summed E-state index contributed by atoms with van der Waals surface area (Å²) in [6.45, 7) is 2.98. The first-order chi connectivity index (χ1) is 11.3. The lowest BCUT2D eigenvalue weighted by atomic mass is 9.81. The molecule has 0 saturated carbocycles. The highest BCUT2D eigenvalue weighted by Gasteiger charge is 2.29. The van der Waals surface area contributed by atoms with Crippen LogP contribution in [0.4, 0.5) is 0 Å². The Morgan fingerprint density at radius 2 is 1.70 bits per heavy atom. The minimum Gasteiger partial charge on any atom is -0.497 e. The monoisotopic (exact) mass is 311 g/mol. The number of hydrogen-bond donors (Lipinski definition) is 0. The second-order valence-corrected chi connectivity index (χ2v) is 6.31. The standard InChI is InChI=1S/C20H25NO2/c1-21-13-12-20(16-6-4-3-5-7-16)17(14-21)15-23-19-10-8-18(22-2)9-11-19/h3-11,17,20H,12-15H2,1-2H3/t17?,20-/m1/s1. The molecule has 1 aliphatic rings. The molecule has 1 saturated heterocycles. The van der Waals surface area contributed by atoms with Gasteiger partial charge in [-0.1, -0.05) is 30.3 Å². The molecule has 0 aromatic heterocycles. The van der Waals surface area contributed by atoms with Crippen LogP contribution in [0.1, 0.15) is 17.9 Å². The molecule has 1 unspecified atom stereocenters. The number of piperidine rings is 1. The van der Waals surface area contributed by atoms with Gasteiger partial charge in [-0.2, -0.15) is 0 Å². The highest BCUT2D eigenvalue weighted by atomic mass is 16.5. The number of likely N-dealkylation sites (tertiary alicyclic amines) is 1. The lowest BCUT2D eigenvalue weighted by Gasteiger charge is -2.37. The molecule has 3 nitrogen and oxygen atoms in total. The van der Waals surface area contributed by atoms with E-state index >= 15 is 0 Å². The first kappa shape index (κ1) is 15.9. The molecule has 0 N–H and O–H groups in total. The summed E-state index contributed by atoms with van der Waals surface area (Å²) >= 11 is 0. The third-order valence-electron chi connectivity index (χ3n) is 4.69. The van der Waals surface area contributed by atoms with Gasteiger partial charge in [0.1, 0.15) is 11.5 Å². The van der Waals surface area contributed by atoms with Crippen LogP contribution in [0.15, 0.2) is 54.6 Å². The van der Waals surface area contributed by atoms with Crippen molar-refractivity contribution in [3.05, 3.63) is 60.2 Å². The Bertz CT molecular complexity index is 597. The van der Waals surface area contributed by atoms with Crippen LogP contribution in [0.2, 0.25) is 0 Å². The van der Waals surface area contributed by atoms with Gasteiger partial charge in [0.25, 0.3) is 0 Å². The quantitative estimate of drug-likeness (QED) is 0.838. The van der Waals surface area contributed by atoms with Crippen LogP contribution < -0.4 is 9.47 Å². The van der Waals surface area contributed by atoms with Gasteiger partial charge in [-0.05, 0) is 55.8 Å². The van der Waals surface area contributed by atoms with Crippen molar-refractivity contribution in [1.82, 2.24) is 4.90 Å². The van der Waals surface area contributed by atoms with Crippen molar-refractivity contribution in [2.45, 2.75) is 12.3 Å². The second-order valence-electron chi connectivity index (χ2n) is 6.31. The molecular formula is C20H25NO2. The Kier molecular flexibility index (Phi) is 5.19. The molecule has 0 amide bonds. The van der Waals surface area contributed by atoms with Crippen molar-refractivity contribution in [2.24, 2.45) is 5.92 Å². The molecule has 0 radical (unpaired) electrons. The fourth-order valence-corrected chi connectivity index (χ4v) is 3.40. The predicted octanol–water partition coefficient (Wildman–Crippen LogP) is 3.81. The van der Waals surface area contributed by atoms with Crippen LogP contribution >= 0.6 is 0 Å². The number of hydrogen-bond acceptors (Lipinski definition) is 3. The molecule has 1 fully saturated rings. The topological polar surface area (TPSA) is 21.7 Å². The molecule has 2 aromatic carbocycles. The minimum absolute atomic E-state index is 0.512. The van der Waals surface area contributed by atoms with Gasteiger partial charge < -0.3 is 14.4 Å². The molecule has 1 heterocycles. The van der Waals surface area contributed by atoms with Gasteiger partial charge in [0.2, 0.25) is 0 Å². The second kappa shape index (κ2) is 7.51. The van der Waals surface area contributed by atoms with Crippen LogP contribution in [-0.4, -0.2) is 38.8 Å². The number of benzene rings is 2. The van der Waals surface area contributed by atoms with Gasteiger partial charge in [-0.25, -0.2) is 0 Å². The van der Waals surface area contributed by atoms with Crippen LogP contribution in [0.3, 0.4) is 0 Å². The number of nitrogens with zero attached hydrogens (tertiary/aromatic N) is 1. The summed E-state index contributed by atoms with van der Waals surface area (Å²) in [5.41, 5.74) is 1.43. The zero-order chi connectivity index (χ0) is 16.1. The zero-order valence-corrected chi connectivity index (χ0v) is 13.9. The van der Waals surface area contributed by atoms with Crippen molar-refractivity contribution in [3.63, 3.8) is 0 Å². The highest BCUT2D eigenvalue weighted by molar-refractivity contribution is 5.31. The Morgan fingerprint density at radius 1 is 1.00 bits per heavy atom. The molecule has 3 rings (SSSR count). The van der Waals surface area contributed by atoms with Gasteiger partial charge >= 0.3 is 0 Å². The average molecular weight is 311 g/mol. The average Bonchev–Trinajstić information content (AvgIpc) is 2.61. The van der Waals surface area contributed by atoms with Crippen LogP contribution in [-0.2, 0) is 0 Å². The van der Waals surface area contributed by atoms with Crippen LogP contribution in [0.5, 0.6) is 11.5 Å². The lowest BCUT2D eigenvalue weighted by molar-refractivity contribution is 0.129. The predicted molar refractivity (Wildman–Crippen MR) is 93.3 cm³/mol. The fourth-order valence-electron chi connectivity index (χ4n) is 3.40. The Labute approximate surface area is 138 Å². The van der Waals surface area contributed by atoms with Crippen molar-refractivity contribution in [3.8, 4) is 11.5 Å². The van der Waals surface area contributed by atoms with Gasteiger partial charge in [0.15, 0.2) is 0 Å². The minimum atomic E-state index is 0.512. The largest absolute Gasteiger partial charge is 0.497 e. The molecule has 122 valence electrons. The molecule has 3 heteroatoms. The summed E-state index contributed by atoms with van der Waals surface area (Å²) in [5, 5.41) is 0. The smallest absolute Gasteiger partial charge is 0.119 e. The van der Waals surface area contributed by atoms with E-state index in [2.05, 4.69) is 42.3 Å². The number of rotatable bonds is 5. The highest BCUT2D eigenvalue weighted by Crippen LogP contribution is 2.33. The number of methoxy groups -OCH3 is 1. The number of ether oxygens (including phenoxy) is 2. The van der Waals surface area contributed by atoms with E-state index in [1.165, 1.54) is 12.0 Å². The Hall–Kier alpha value is -2.00. The van der Waals surface area contributed by atoms with E-state index in [1.807, 2.05) is 24.3 Å².